The van der Waals surface area contributed by atoms with Gasteiger partial charge in [-0.15, -0.1) is 0 Å². The molecular formula is C14H26N2. The molecule has 92 valence electrons. The highest BCUT2D eigenvalue weighted by Crippen LogP contribution is 2.31. The largest absolute Gasteiger partial charge is 0.311 e. The molecule has 16 heavy (non-hydrogen) atoms. The Morgan fingerprint density at radius 2 is 1.56 bits per heavy atom. The lowest BCUT2D eigenvalue weighted by Crippen LogP contribution is -2.61. The van der Waals surface area contributed by atoms with Crippen molar-refractivity contribution in [2.45, 2.75) is 75.9 Å². The Morgan fingerprint density at radius 1 is 0.812 bits per heavy atom. The molecule has 1 N–H and O–H groups in total. The highest BCUT2D eigenvalue weighted by atomic mass is 15.3. The average Bonchev–Trinajstić information content (AvgIpc) is 2.39. The molecule has 0 aromatic rings. The molecule has 0 radical (unpaired) electrons. The van der Waals surface area contributed by atoms with Gasteiger partial charge in [-0.3, -0.25) is 4.90 Å². The number of fused-ring (bicyclic) bond motifs is 1. The lowest BCUT2D eigenvalue weighted by molar-refractivity contribution is 0.0343. The number of piperazine rings is 1. The molecule has 2 heteroatoms. The van der Waals surface area contributed by atoms with Gasteiger partial charge in [-0.1, -0.05) is 32.1 Å². The van der Waals surface area contributed by atoms with Crippen LogP contribution in [0.2, 0.25) is 0 Å². The Morgan fingerprint density at radius 3 is 2.44 bits per heavy atom. The van der Waals surface area contributed by atoms with E-state index in [1.165, 1.54) is 70.9 Å². The first-order valence-electron chi connectivity index (χ1n) is 7.44. The molecule has 2 saturated carbocycles. The Kier molecular flexibility index (Phi) is 3.49. The predicted octanol–water partition coefficient (Wildman–Crippen LogP) is 2.54. The van der Waals surface area contributed by atoms with E-state index in [9.17, 15) is 0 Å². The molecule has 0 bridgehead atoms. The minimum atomic E-state index is 0.824. The monoisotopic (exact) mass is 222 g/mol. The molecule has 1 aliphatic heterocycles. The Bertz CT molecular complexity index is 221. The van der Waals surface area contributed by atoms with Gasteiger partial charge in [0.2, 0.25) is 0 Å². The summed E-state index contributed by atoms with van der Waals surface area (Å²) in [6.45, 7) is 2.55. The number of hydrogen-bond acceptors (Lipinski definition) is 2. The Labute approximate surface area is 99.8 Å². The van der Waals surface area contributed by atoms with Gasteiger partial charge < -0.3 is 5.32 Å². The van der Waals surface area contributed by atoms with Crippen molar-refractivity contribution in [1.29, 1.82) is 0 Å². The van der Waals surface area contributed by atoms with Crippen LogP contribution in [0.3, 0.4) is 0 Å². The van der Waals surface area contributed by atoms with Crippen molar-refractivity contribution in [3.63, 3.8) is 0 Å². The summed E-state index contributed by atoms with van der Waals surface area (Å²) in [5.74, 6) is 0. The van der Waals surface area contributed by atoms with Gasteiger partial charge >= 0.3 is 0 Å². The predicted molar refractivity (Wildman–Crippen MR) is 67.6 cm³/mol. The fourth-order valence-corrected chi connectivity index (χ4v) is 4.16. The van der Waals surface area contributed by atoms with Crippen molar-refractivity contribution in [3.8, 4) is 0 Å². The van der Waals surface area contributed by atoms with E-state index in [0.29, 0.717) is 0 Å². The van der Waals surface area contributed by atoms with Crippen molar-refractivity contribution in [2.75, 3.05) is 13.1 Å². The van der Waals surface area contributed by atoms with Gasteiger partial charge in [0.05, 0.1) is 0 Å². The van der Waals surface area contributed by atoms with Gasteiger partial charge in [0.25, 0.3) is 0 Å². The maximum absolute atomic E-state index is 3.75. The fraction of sp³-hybridized carbons (Fsp3) is 1.00. The van der Waals surface area contributed by atoms with E-state index in [2.05, 4.69) is 10.2 Å². The quantitative estimate of drug-likeness (QED) is 0.733. The van der Waals surface area contributed by atoms with Crippen molar-refractivity contribution in [3.05, 3.63) is 0 Å². The van der Waals surface area contributed by atoms with Crippen LogP contribution in [0.5, 0.6) is 0 Å². The third-order valence-corrected chi connectivity index (χ3v) is 4.98. The van der Waals surface area contributed by atoms with Crippen LogP contribution in [0.1, 0.15) is 57.8 Å². The zero-order valence-corrected chi connectivity index (χ0v) is 10.5. The van der Waals surface area contributed by atoms with Crippen molar-refractivity contribution in [1.82, 2.24) is 10.2 Å². The SMILES string of the molecule is C1CCC(N2CCNC3CCCCC32)CC1. The van der Waals surface area contributed by atoms with E-state index in [-0.39, 0.29) is 0 Å². The molecule has 0 amide bonds. The summed E-state index contributed by atoms with van der Waals surface area (Å²) in [5.41, 5.74) is 0. The summed E-state index contributed by atoms with van der Waals surface area (Å²) < 4.78 is 0. The smallest absolute Gasteiger partial charge is 0.0252 e. The standard InChI is InChI=1S/C14H26N2/c1-2-6-12(7-3-1)16-11-10-15-13-8-4-5-9-14(13)16/h12-15H,1-11H2. The minimum Gasteiger partial charge on any atom is -0.311 e. The maximum atomic E-state index is 3.75. The normalized spacial score (nSPS) is 38.2. The van der Waals surface area contributed by atoms with Gasteiger partial charge in [-0.05, 0) is 25.7 Å². The molecule has 3 fully saturated rings. The van der Waals surface area contributed by atoms with E-state index in [4.69, 9.17) is 0 Å². The van der Waals surface area contributed by atoms with Gasteiger partial charge in [-0.2, -0.15) is 0 Å². The van der Waals surface area contributed by atoms with Crippen molar-refractivity contribution < 1.29 is 0 Å². The van der Waals surface area contributed by atoms with Gasteiger partial charge in [0.1, 0.15) is 0 Å². The van der Waals surface area contributed by atoms with Crippen LogP contribution in [0.4, 0.5) is 0 Å². The van der Waals surface area contributed by atoms with Gasteiger partial charge in [0.15, 0.2) is 0 Å². The molecule has 2 aliphatic carbocycles. The topological polar surface area (TPSA) is 15.3 Å². The molecule has 0 aromatic heterocycles. The first kappa shape index (κ1) is 11.0. The average molecular weight is 222 g/mol. The third-order valence-electron chi connectivity index (χ3n) is 4.98. The summed E-state index contributed by atoms with van der Waals surface area (Å²) in [5, 5.41) is 3.75. The third kappa shape index (κ3) is 2.14. The summed E-state index contributed by atoms with van der Waals surface area (Å²) in [6.07, 6.45) is 13.2. The second-order valence-electron chi connectivity index (χ2n) is 5.94. The van der Waals surface area contributed by atoms with Crippen molar-refractivity contribution >= 4 is 0 Å². The number of nitrogens with one attached hydrogen (secondary N) is 1. The molecule has 0 aromatic carbocycles. The minimum absolute atomic E-state index is 0.824. The zero-order chi connectivity index (χ0) is 10.8. The highest BCUT2D eigenvalue weighted by Gasteiger charge is 2.36. The lowest BCUT2D eigenvalue weighted by atomic mass is 9.84. The molecule has 2 atom stereocenters. The first-order chi connectivity index (χ1) is 7.95. The number of rotatable bonds is 1. The molecule has 1 heterocycles. The van der Waals surface area contributed by atoms with E-state index >= 15 is 0 Å². The second kappa shape index (κ2) is 5.05. The summed E-state index contributed by atoms with van der Waals surface area (Å²) in [6, 6.07) is 2.64. The van der Waals surface area contributed by atoms with Gasteiger partial charge in [0, 0.05) is 31.2 Å². The summed E-state index contributed by atoms with van der Waals surface area (Å²) in [7, 11) is 0. The van der Waals surface area contributed by atoms with Crippen molar-refractivity contribution in [2.24, 2.45) is 0 Å². The fourth-order valence-electron chi connectivity index (χ4n) is 4.16. The van der Waals surface area contributed by atoms with Crippen LogP contribution in [0.15, 0.2) is 0 Å². The summed E-state index contributed by atoms with van der Waals surface area (Å²) in [4.78, 5) is 2.89. The Hall–Kier alpha value is -0.0800. The van der Waals surface area contributed by atoms with Crippen LogP contribution in [-0.2, 0) is 0 Å². The van der Waals surface area contributed by atoms with E-state index in [0.717, 1.165) is 18.1 Å². The molecule has 1 saturated heterocycles. The molecular weight excluding hydrogens is 196 g/mol. The van der Waals surface area contributed by atoms with Crippen LogP contribution >= 0.6 is 0 Å². The van der Waals surface area contributed by atoms with Crippen LogP contribution in [0.25, 0.3) is 0 Å². The van der Waals surface area contributed by atoms with Crippen LogP contribution in [-0.4, -0.2) is 36.1 Å². The molecule has 2 unspecified atom stereocenters. The Balaban J connectivity index is 1.67. The number of hydrogen-bond donors (Lipinski definition) is 1. The van der Waals surface area contributed by atoms with E-state index < -0.39 is 0 Å². The first-order valence-corrected chi connectivity index (χ1v) is 7.44. The molecule has 0 spiro atoms. The zero-order valence-electron chi connectivity index (χ0n) is 10.5. The maximum Gasteiger partial charge on any atom is 0.0252 e. The van der Waals surface area contributed by atoms with E-state index in [1.807, 2.05) is 0 Å². The van der Waals surface area contributed by atoms with E-state index in [1.54, 1.807) is 0 Å². The molecule has 3 rings (SSSR count). The summed E-state index contributed by atoms with van der Waals surface area (Å²) >= 11 is 0. The highest BCUT2D eigenvalue weighted by molar-refractivity contribution is 4.95. The second-order valence-corrected chi connectivity index (χ2v) is 5.94. The molecule has 2 nitrogen and oxygen atoms in total. The van der Waals surface area contributed by atoms with Gasteiger partial charge in [-0.25, -0.2) is 0 Å². The van der Waals surface area contributed by atoms with Crippen LogP contribution in [0, 0.1) is 0 Å². The van der Waals surface area contributed by atoms with Crippen LogP contribution < -0.4 is 5.32 Å². The number of nitrogens with zero attached hydrogens (tertiary/aromatic N) is 1. The lowest BCUT2D eigenvalue weighted by Gasteiger charge is -2.49. The molecule has 3 aliphatic rings.